The molecule has 1 aromatic heterocycles. The third-order valence-corrected chi connectivity index (χ3v) is 5.26. The SMILES string of the molecule is CN(C)S(=O)(=O)c1cccc(NC(=O)/C=C/c2ccc(I)o2)c1. The lowest BCUT2D eigenvalue weighted by molar-refractivity contribution is -0.111. The predicted octanol–water partition coefficient (Wildman–Crippen LogP) is 2.79. The number of nitrogens with one attached hydrogen (secondary N) is 1. The van der Waals surface area contributed by atoms with Crippen LogP contribution in [-0.4, -0.2) is 32.7 Å². The fourth-order valence-corrected chi connectivity index (χ4v) is 3.09. The fourth-order valence-electron chi connectivity index (χ4n) is 1.70. The van der Waals surface area contributed by atoms with E-state index >= 15 is 0 Å². The predicted molar refractivity (Wildman–Crippen MR) is 96.4 cm³/mol. The van der Waals surface area contributed by atoms with Gasteiger partial charge in [-0.3, -0.25) is 4.79 Å². The number of amides is 1. The minimum Gasteiger partial charge on any atom is -0.451 e. The molecule has 0 aliphatic rings. The van der Waals surface area contributed by atoms with E-state index in [1.807, 2.05) is 22.6 Å². The third-order valence-electron chi connectivity index (χ3n) is 2.87. The van der Waals surface area contributed by atoms with Crippen molar-refractivity contribution in [3.63, 3.8) is 0 Å². The maximum Gasteiger partial charge on any atom is 0.248 e. The third kappa shape index (κ3) is 4.66. The molecule has 0 unspecified atom stereocenters. The van der Waals surface area contributed by atoms with Gasteiger partial charge in [-0.15, -0.1) is 0 Å². The molecule has 23 heavy (non-hydrogen) atoms. The number of benzene rings is 1. The van der Waals surface area contributed by atoms with Crippen LogP contribution in [-0.2, 0) is 14.8 Å². The van der Waals surface area contributed by atoms with Crippen LogP contribution in [0.4, 0.5) is 5.69 Å². The second kappa shape index (κ2) is 7.28. The highest BCUT2D eigenvalue weighted by atomic mass is 127. The molecule has 1 N–H and O–H groups in total. The minimum atomic E-state index is -3.54. The molecule has 122 valence electrons. The summed E-state index contributed by atoms with van der Waals surface area (Å²) in [5.41, 5.74) is 0.400. The lowest BCUT2D eigenvalue weighted by atomic mass is 10.3. The van der Waals surface area contributed by atoms with Gasteiger partial charge in [0.25, 0.3) is 0 Å². The molecule has 0 bridgehead atoms. The van der Waals surface area contributed by atoms with Crippen LogP contribution in [0.3, 0.4) is 0 Å². The van der Waals surface area contributed by atoms with Gasteiger partial charge in [0.15, 0.2) is 3.77 Å². The van der Waals surface area contributed by atoms with Gasteiger partial charge in [0.2, 0.25) is 15.9 Å². The minimum absolute atomic E-state index is 0.116. The Morgan fingerprint density at radius 1 is 1.26 bits per heavy atom. The van der Waals surface area contributed by atoms with Crippen molar-refractivity contribution < 1.29 is 17.6 Å². The van der Waals surface area contributed by atoms with Crippen molar-refractivity contribution in [3.8, 4) is 0 Å². The normalized spacial score (nSPS) is 12.0. The average molecular weight is 446 g/mol. The number of anilines is 1. The molecule has 1 aromatic carbocycles. The molecule has 0 aliphatic carbocycles. The van der Waals surface area contributed by atoms with Crippen LogP contribution in [0.1, 0.15) is 5.76 Å². The summed E-state index contributed by atoms with van der Waals surface area (Å²) >= 11 is 2.03. The van der Waals surface area contributed by atoms with E-state index in [0.29, 0.717) is 11.4 Å². The van der Waals surface area contributed by atoms with Crippen molar-refractivity contribution in [2.24, 2.45) is 0 Å². The van der Waals surface area contributed by atoms with Crippen LogP contribution >= 0.6 is 22.6 Å². The Kier molecular flexibility index (Phi) is 5.60. The van der Waals surface area contributed by atoms with Gasteiger partial charge in [-0.2, -0.15) is 0 Å². The van der Waals surface area contributed by atoms with Gasteiger partial charge >= 0.3 is 0 Å². The van der Waals surface area contributed by atoms with Crippen molar-refractivity contribution in [3.05, 3.63) is 52.0 Å². The van der Waals surface area contributed by atoms with Crippen LogP contribution in [0, 0.1) is 3.77 Å². The topological polar surface area (TPSA) is 79.6 Å². The molecule has 6 nitrogen and oxygen atoms in total. The lowest BCUT2D eigenvalue weighted by Crippen LogP contribution is -2.22. The number of carbonyl (C=O) groups excluding carboxylic acids is 1. The summed E-state index contributed by atoms with van der Waals surface area (Å²) in [5, 5.41) is 2.62. The van der Waals surface area contributed by atoms with Crippen molar-refractivity contribution in [2.45, 2.75) is 4.90 Å². The first-order chi connectivity index (χ1) is 10.8. The number of furan rings is 1. The first kappa shape index (κ1) is 17.7. The maximum absolute atomic E-state index is 12.1. The number of rotatable bonds is 5. The van der Waals surface area contributed by atoms with Crippen LogP contribution in [0.5, 0.6) is 0 Å². The molecule has 0 saturated carbocycles. The van der Waals surface area contributed by atoms with E-state index < -0.39 is 10.0 Å². The molecule has 1 amide bonds. The fraction of sp³-hybridized carbons (Fsp3) is 0.133. The zero-order valence-electron chi connectivity index (χ0n) is 12.5. The van der Waals surface area contributed by atoms with Crippen LogP contribution < -0.4 is 5.32 Å². The van der Waals surface area contributed by atoms with Crippen LogP contribution in [0.2, 0.25) is 0 Å². The second-order valence-corrected chi connectivity index (χ2v) is 7.99. The molecule has 0 radical (unpaired) electrons. The van der Waals surface area contributed by atoms with E-state index in [-0.39, 0.29) is 10.8 Å². The van der Waals surface area contributed by atoms with Gasteiger partial charge in [-0.05, 0) is 59.0 Å². The number of hydrogen-bond acceptors (Lipinski definition) is 4. The van der Waals surface area contributed by atoms with Crippen molar-refractivity contribution in [1.29, 1.82) is 0 Å². The number of hydrogen-bond donors (Lipinski definition) is 1. The standard InChI is InChI=1S/C15H15IN2O4S/c1-18(2)23(20,21)13-5-3-4-11(10-13)17-15(19)9-7-12-6-8-14(16)22-12/h3-10H,1-2H3,(H,17,19)/b9-7+. The molecule has 0 atom stereocenters. The molecule has 0 saturated heterocycles. The van der Waals surface area contributed by atoms with Gasteiger partial charge < -0.3 is 9.73 Å². The Hall–Kier alpha value is -1.65. The summed E-state index contributed by atoms with van der Waals surface area (Å²) < 4.78 is 31.3. The summed E-state index contributed by atoms with van der Waals surface area (Å²) in [5.74, 6) is 0.185. The summed E-state index contributed by atoms with van der Waals surface area (Å²) in [4.78, 5) is 12.0. The smallest absolute Gasteiger partial charge is 0.248 e. The molecule has 0 aliphatic heterocycles. The highest BCUT2D eigenvalue weighted by molar-refractivity contribution is 14.1. The largest absolute Gasteiger partial charge is 0.451 e. The molecule has 0 spiro atoms. The molecular weight excluding hydrogens is 431 g/mol. The maximum atomic E-state index is 12.1. The highest BCUT2D eigenvalue weighted by Crippen LogP contribution is 2.18. The second-order valence-electron chi connectivity index (χ2n) is 4.78. The Balaban J connectivity index is 2.11. The van der Waals surface area contributed by atoms with Crippen molar-refractivity contribution >= 4 is 50.3 Å². The van der Waals surface area contributed by atoms with E-state index in [1.54, 1.807) is 24.3 Å². The average Bonchev–Trinajstić information content (AvgIpc) is 2.91. The summed E-state index contributed by atoms with van der Waals surface area (Å²) in [6.07, 6.45) is 2.86. The van der Waals surface area contributed by atoms with E-state index in [2.05, 4.69) is 5.32 Å². The summed E-state index contributed by atoms with van der Waals surface area (Å²) in [7, 11) is -0.635. The number of sulfonamides is 1. The first-order valence-corrected chi connectivity index (χ1v) is 9.08. The van der Waals surface area contributed by atoms with Gasteiger partial charge in [-0.25, -0.2) is 12.7 Å². The Morgan fingerprint density at radius 2 is 2.00 bits per heavy atom. The molecule has 2 aromatic rings. The van der Waals surface area contributed by atoms with Gasteiger partial charge in [0, 0.05) is 25.9 Å². The number of carbonyl (C=O) groups is 1. The summed E-state index contributed by atoms with van der Waals surface area (Å²) in [6.45, 7) is 0. The zero-order chi connectivity index (χ0) is 17.0. The van der Waals surface area contributed by atoms with E-state index in [1.165, 1.54) is 38.4 Å². The van der Waals surface area contributed by atoms with Crippen molar-refractivity contribution in [2.75, 3.05) is 19.4 Å². The van der Waals surface area contributed by atoms with E-state index in [0.717, 1.165) is 8.07 Å². The molecule has 2 rings (SSSR count). The first-order valence-electron chi connectivity index (χ1n) is 6.56. The lowest BCUT2D eigenvalue weighted by Gasteiger charge is -2.12. The van der Waals surface area contributed by atoms with Crippen molar-refractivity contribution in [1.82, 2.24) is 4.31 Å². The molecular formula is C15H15IN2O4S. The molecule has 1 heterocycles. The van der Waals surface area contributed by atoms with Gasteiger partial charge in [-0.1, -0.05) is 6.07 Å². The van der Waals surface area contributed by atoms with Gasteiger partial charge in [0.05, 0.1) is 4.90 Å². The van der Waals surface area contributed by atoms with Gasteiger partial charge in [0.1, 0.15) is 5.76 Å². The number of nitrogens with zero attached hydrogens (tertiary/aromatic N) is 1. The molecule has 0 fully saturated rings. The van der Waals surface area contributed by atoms with Crippen LogP contribution in [0.25, 0.3) is 6.08 Å². The highest BCUT2D eigenvalue weighted by Gasteiger charge is 2.17. The Labute approximate surface area is 148 Å². The van der Waals surface area contributed by atoms with E-state index in [9.17, 15) is 13.2 Å². The monoisotopic (exact) mass is 446 g/mol. The summed E-state index contributed by atoms with van der Waals surface area (Å²) in [6, 6.07) is 9.62. The number of halogens is 1. The zero-order valence-corrected chi connectivity index (χ0v) is 15.5. The molecule has 8 heteroatoms. The van der Waals surface area contributed by atoms with E-state index in [4.69, 9.17) is 4.42 Å². The van der Waals surface area contributed by atoms with Crippen LogP contribution in [0.15, 0.2) is 51.8 Å². The Morgan fingerprint density at radius 3 is 2.61 bits per heavy atom. The quantitative estimate of drug-likeness (QED) is 0.566. The Bertz CT molecular complexity index is 841.